The molecule has 176 valence electrons. The van der Waals surface area contributed by atoms with Crippen LogP contribution in [0.3, 0.4) is 0 Å². The van der Waals surface area contributed by atoms with Crippen molar-refractivity contribution in [3.05, 3.63) is 60.1 Å². The first-order chi connectivity index (χ1) is 16.7. The second-order valence-corrected chi connectivity index (χ2v) is 7.96. The fourth-order valence-corrected chi connectivity index (χ4v) is 3.74. The second-order valence-electron chi connectivity index (χ2n) is 7.96. The van der Waals surface area contributed by atoms with E-state index in [1.807, 2.05) is 10.6 Å². The number of aliphatic hydroxyl groups excluding tert-OH is 1. The van der Waals surface area contributed by atoms with Crippen molar-refractivity contribution in [1.29, 1.82) is 0 Å². The van der Waals surface area contributed by atoms with Gasteiger partial charge in [0.25, 0.3) is 11.7 Å². The van der Waals surface area contributed by atoms with Crippen LogP contribution >= 0.6 is 0 Å². The number of aromatic nitrogens is 4. The number of nitrogens with zero attached hydrogens (tertiary/aromatic N) is 5. The molecular weight excluding hydrogens is 434 g/mol. The van der Waals surface area contributed by atoms with Gasteiger partial charge in [-0.3, -0.25) is 4.79 Å². The maximum atomic E-state index is 12.3. The molecule has 0 bridgehead atoms. The fourth-order valence-electron chi connectivity index (χ4n) is 3.74. The lowest BCUT2D eigenvalue weighted by Gasteiger charge is -2.24. The van der Waals surface area contributed by atoms with Crippen molar-refractivity contribution in [2.75, 3.05) is 43.4 Å². The van der Waals surface area contributed by atoms with Crippen LogP contribution < -0.4 is 21.3 Å². The van der Waals surface area contributed by atoms with E-state index in [-0.39, 0.29) is 24.9 Å². The van der Waals surface area contributed by atoms with Crippen molar-refractivity contribution in [3.8, 4) is 5.69 Å². The topological polar surface area (TPSA) is 133 Å². The Morgan fingerprint density at radius 1 is 1.26 bits per heavy atom. The van der Waals surface area contributed by atoms with Crippen LogP contribution in [0.5, 0.6) is 0 Å². The van der Waals surface area contributed by atoms with E-state index in [4.69, 9.17) is 11.7 Å². The highest BCUT2D eigenvalue weighted by molar-refractivity contribution is 5.94. The number of rotatable bonds is 9. The van der Waals surface area contributed by atoms with E-state index in [0.29, 0.717) is 23.1 Å². The minimum Gasteiger partial charge on any atom is -0.395 e. The van der Waals surface area contributed by atoms with Gasteiger partial charge in [0, 0.05) is 31.5 Å². The van der Waals surface area contributed by atoms with Gasteiger partial charge in [-0.15, -0.1) is 4.98 Å². The quantitative estimate of drug-likeness (QED) is 0.306. The summed E-state index contributed by atoms with van der Waals surface area (Å²) in [5.74, 6) is 1.56. The third kappa shape index (κ3) is 5.86. The van der Waals surface area contributed by atoms with E-state index in [2.05, 4.69) is 41.1 Å². The van der Waals surface area contributed by atoms with Crippen LogP contribution in [0.2, 0.25) is 0 Å². The van der Waals surface area contributed by atoms with Crippen molar-refractivity contribution >= 4 is 29.0 Å². The molecule has 0 aromatic carbocycles. The molecule has 1 unspecified atom stereocenters. The molecule has 1 amide bonds. The molecule has 0 radical (unpaired) electrons. The van der Waals surface area contributed by atoms with E-state index in [1.165, 1.54) is 12.4 Å². The summed E-state index contributed by atoms with van der Waals surface area (Å²) >= 11 is 0. The van der Waals surface area contributed by atoms with Gasteiger partial charge in [0.15, 0.2) is 12.0 Å². The molecule has 0 saturated carbocycles. The molecule has 11 heteroatoms. The van der Waals surface area contributed by atoms with Gasteiger partial charge in [-0.25, -0.2) is 9.97 Å². The Morgan fingerprint density at radius 2 is 2.15 bits per heavy atom. The van der Waals surface area contributed by atoms with Gasteiger partial charge < -0.3 is 35.8 Å². The monoisotopic (exact) mass is 461 g/mol. The third-order valence-corrected chi connectivity index (χ3v) is 5.50. The molecule has 11 nitrogen and oxygen atoms in total. The highest BCUT2D eigenvalue weighted by Crippen LogP contribution is 2.26. The molecule has 3 aromatic rings. The number of anilines is 3. The van der Waals surface area contributed by atoms with Crippen LogP contribution in [0.1, 0.15) is 23.2 Å². The molecule has 1 saturated heterocycles. The van der Waals surface area contributed by atoms with Gasteiger partial charge in [0.1, 0.15) is 5.82 Å². The van der Waals surface area contributed by atoms with Crippen LogP contribution in [0, 0.1) is 12.5 Å². The average Bonchev–Trinajstić information content (AvgIpc) is 3.37. The molecule has 0 spiro atoms. The maximum absolute atomic E-state index is 12.3. The molecular formula is C23H27N9O2. The Labute approximate surface area is 197 Å². The molecule has 4 heterocycles. The molecule has 1 aliphatic rings. The predicted molar refractivity (Wildman–Crippen MR) is 129 cm³/mol. The Morgan fingerprint density at radius 3 is 2.88 bits per heavy atom. The van der Waals surface area contributed by atoms with Crippen LogP contribution in [0.4, 0.5) is 23.1 Å². The van der Waals surface area contributed by atoms with Crippen molar-refractivity contribution in [3.63, 3.8) is 0 Å². The van der Waals surface area contributed by atoms with Crippen LogP contribution in [-0.4, -0.2) is 63.3 Å². The average molecular weight is 462 g/mol. The summed E-state index contributed by atoms with van der Waals surface area (Å²) in [6, 6.07) is 3.61. The fraction of sp³-hybridized carbons (Fsp3) is 0.348. The molecule has 4 rings (SSSR count). The minimum absolute atomic E-state index is 0.111. The Hall–Kier alpha value is -4.01. The first-order valence-electron chi connectivity index (χ1n) is 11.1. The summed E-state index contributed by atoms with van der Waals surface area (Å²) in [6.45, 7) is 9.92. The van der Waals surface area contributed by atoms with Crippen molar-refractivity contribution in [2.45, 2.75) is 12.8 Å². The molecule has 34 heavy (non-hydrogen) atoms. The second kappa shape index (κ2) is 11.2. The van der Waals surface area contributed by atoms with Crippen molar-refractivity contribution < 1.29 is 9.90 Å². The van der Waals surface area contributed by atoms with E-state index in [1.54, 1.807) is 24.7 Å². The van der Waals surface area contributed by atoms with Crippen molar-refractivity contribution in [1.82, 2.24) is 30.2 Å². The number of carbonyl (C=O) groups is 1. The third-order valence-electron chi connectivity index (χ3n) is 5.50. The highest BCUT2D eigenvalue weighted by Gasteiger charge is 2.16. The van der Waals surface area contributed by atoms with Crippen LogP contribution in [0.15, 0.2) is 43.1 Å². The molecule has 0 aliphatic carbocycles. The molecule has 1 fully saturated rings. The van der Waals surface area contributed by atoms with Crippen molar-refractivity contribution in [2.24, 2.45) is 5.92 Å². The largest absolute Gasteiger partial charge is 0.395 e. The molecule has 1 aliphatic heterocycles. The summed E-state index contributed by atoms with van der Waals surface area (Å²) in [4.78, 5) is 28.2. The zero-order valence-electron chi connectivity index (χ0n) is 18.7. The number of piperidine rings is 1. The van der Waals surface area contributed by atoms with Crippen LogP contribution in [0.25, 0.3) is 10.5 Å². The number of pyridine rings is 1. The van der Waals surface area contributed by atoms with E-state index in [9.17, 15) is 4.79 Å². The molecule has 3 aromatic heterocycles. The smallest absolute Gasteiger partial charge is 0.288 e. The number of hydrogen-bond donors (Lipinski definition) is 5. The summed E-state index contributed by atoms with van der Waals surface area (Å²) in [7, 11) is 0. The summed E-state index contributed by atoms with van der Waals surface area (Å²) in [6.07, 6.45) is 10.5. The zero-order chi connectivity index (χ0) is 23.8. The van der Waals surface area contributed by atoms with Gasteiger partial charge >= 0.3 is 0 Å². The van der Waals surface area contributed by atoms with E-state index in [0.717, 1.165) is 43.9 Å². The van der Waals surface area contributed by atoms with Gasteiger partial charge in [-0.05, 0) is 37.9 Å². The van der Waals surface area contributed by atoms with Gasteiger partial charge in [-0.2, -0.15) is 0 Å². The van der Waals surface area contributed by atoms with Gasteiger partial charge in [0.05, 0.1) is 35.9 Å². The standard InChI is InChI=1S/C23H27N9O2/c1-24-21-13-30-22(14-29-21)31-20-9-18(27-11-16-3-2-5-25-10-16)19(12-28-20)32-7-4-17(15-32)23(34)26-6-8-33/h4,7,9,12-16,25,33H,2-3,5-6,8,10-11H2,(H,26,34)(H2,27,28,30,31). The van der Waals surface area contributed by atoms with E-state index >= 15 is 0 Å². The Bertz CT molecular complexity index is 1150. The Balaban J connectivity index is 1.57. The zero-order valence-corrected chi connectivity index (χ0v) is 18.7. The predicted octanol–water partition coefficient (Wildman–Crippen LogP) is 2.09. The summed E-state index contributed by atoms with van der Waals surface area (Å²) < 4.78 is 1.84. The first kappa shape index (κ1) is 23.2. The van der Waals surface area contributed by atoms with E-state index < -0.39 is 0 Å². The first-order valence-corrected chi connectivity index (χ1v) is 11.1. The van der Waals surface area contributed by atoms with Gasteiger partial charge in [0.2, 0.25) is 0 Å². The number of amides is 1. The number of nitrogens with one attached hydrogen (secondary N) is 4. The lowest BCUT2D eigenvalue weighted by molar-refractivity contribution is 0.0945. The molecule has 5 N–H and O–H groups in total. The lowest BCUT2D eigenvalue weighted by Crippen LogP contribution is -2.33. The molecule has 1 atom stereocenters. The SMILES string of the molecule is [C-]#[N+]c1cnc(Nc2cc(NCC3CCCNC3)c(-n3ccc(C(=O)NCCO)c3)cn2)cn1. The number of hydrogen-bond acceptors (Lipinski definition) is 8. The number of aliphatic hydroxyl groups is 1. The lowest BCUT2D eigenvalue weighted by atomic mass is 10.00. The normalized spacial score (nSPS) is 15.4. The highest BCUT2D eigenvalue weighted by atomic mass is 16.3. The summed E-state index contributed by atoms with van der Waals surface area (Å²) in [5, 5.41) is 21.7. The van der Waals surface area contributed by atoms with Gasteiger partial charge in [-0.1, -0.05) is 6.57 Å². The Kier molecular flexibility index (Phi) is 7.64. The minimum atomic E-state index is -0.247. The summed E-state index contributed by atoms with van der Waals surface area (Å²) in [5.41, 5.74) is 2.14. The van der Waals surface area contributed by atoms with Crippen LogP contribution in [-0.2, 0) is 0 Å². The maximum Gasteiger partial charge on any atom is 0.288 e. The number of carbonyl (C=O) groups excluding carboxylic acids is 1.